The fraction of sp³-hybridized carbons (Fsp3) is 1.00. The van der Waals surface area contributed by atoms with E-state index in [1.165, 1.54) is 25.7 Å². The highest BCUT2D eigenvalue weighted by molar-refractivity contribution is 4.94. The lowest BCUT2D eigenvalue weighted by Gasteiger charge is -2.44. The molecule has 102 valence electrons. The number of nitrogens with two attached hydrogens (primary N) is 2. The van der Waals surface area contributed by atoms with Gasteiger partial charge in [0.1, 0.15) is 0 Å². The monoisotopic (exact) mass is 242 g/mol. The maximum atomic E-state index is 9.01. The highest BCUT2D eigenvalue weighted by Gasteiger charge is 2.38. The van der Waals surface area contributed by atoms with Gasteiger partial charge in [0.25, 0.3) is 0 Å². The molecule has 3 unspecified atom stereocenters. The molecule has 5 atom stereocenters. The zero-order chi connectivity index (χ0) is 12.8. The molecule has 3 nitrogen and oxygen atoms in total. The molecule has 0 spiro atoms. The van der Waals surface area contributed by atoms with Gasteiger partial charge < -0.3 is 16.6 Å². The molecule has 0 aliphatic heterocycles. The Balaban J connectivity index is 2.47. The van der Waals surface area contributed by atoms with Crippen LogP contribution in [0.4, 0.5) is 0 Å². The molecule has 0 heterocycles. The van der Waals surface area contributed by atoms with Crippen LogP contribution in [0.25, 0.3) is 0 Å². The van der Waals surface area contributed by atoms with Gasteiger partial charge in [-0.05, 0) is 43.4 Å². The molecule has 0 amide bonds. The van der Waals surface area contributed by atoms with Gasteiger partial charge in [0, 0.05) is 18.7 Å². The zero-order valence-electron chi connectivity index (χ0n) is 11.4. The van der Waals surface area contributed by atoms with Crippen LogP contribution in [-0.2, 0) is 0 Å². The fourth-order valence-electron chi connectivity index (χ4n) is 3.27. The van der Waals surface area contributed by atoms with E-state index in [-0.39, 0.29) is 18.7 Å². The first kappa shape index (κ1) is 14.9. The van der Waals surface area contributed by atoms with Crippen LogP contribution >= 0.6 is 0 Å². The van der Waals surface area contributed by atoms with Crippen molar-refractivity contribution >= 4 is 0 Å². The maximum absolute atomic E-state index is 9.01. The van der Waals surface area contributed by atoms with Crippen molar-refractivity contribution in [3.63, 3.8) is 0 Å². The summed E-state index contributed by atoms with van der Waals surface area (Å²) in [6, 6.07) is 0.253. The third-order valence-corrected chi connectivity index (χ3v) is 4.64. The lowest BCUT2D eigenvalue weighted by atomic mass is 9.65. The Kier molecular flexibility index (Phi) is 6.45. The van der Waals surface area contributed by atoms with Gasteiger partial charge in [-0.15, -0.1) is 0 Å². The van der Waals surface area contributed by atoms with E-state index in [0.717, 1.165) is 12.8 Å². The quantitative estimate of drug-likeness (QED) is 0.608. The van der Waals surface area contributed by atoms with Gasteiger partial charge in [0.15, 0.2) is 0 Å². The maximum Gasteiger partial charge on any atom is 0.0433 e. The third-order valence-electron chi connectivity index (χ3n) is 4.64. The Morgan fingerprint density at radius 3 is 2.35 bits per heavy atom. The Bertz CT molecular complexity index is 210. The summed E-state index contributed by atoms with van der Waals surface area (Å²) in [4.78, 5) is 0. The van der Waals surface area contributed by atoms with Crippen LogP contribution < -0.4 is 11.5 Å². The summed E-state index contributed by atoms with van der Waals surface area (Å²) in [7, 11) is 0. The normalized spacial score (nSPS) is 29.5. The van der Waals surface area contributed by atoms with E-state index in [2.05, 4.69) is 13.8 Å². The Morgan fingerprint density at radius 2 is 1.94 bits per heavy atom. The molecular weight excluding hydrogens is 212 g/mol. The second-order valence-electron chi connectivity index (χ2n) is 5.63. The van der Waals surface area contributed by atoms with Gasteiger partial charge in [-0.25, -0.2) is 0 Å². The Labute approximate surface area is 106 Å². The summed E-state index contributed by atoms with van der Waals surface area (Å²) >= 11 is 0. The van der Waals surface area contributed by atoms with Crippen LogP contribution in [0.15, 0.2) is 0 Å². The van der Waals surface area contributed by atoms with Gasteiger partial charge in [0.05, 0.1) is 0 Å². The Hall–Kier alpha value is -0.120. The van der Waals surface area contributed by atoms with Crippen molar-refractivity contribution in [3.05, 3.63) is 0 Å². The number of aliphatic hydroxyl groups is 1. The third kappa shape index (κ3) is 3.67. The molecule has 1 rings (SSSR count). The number of rotatable bonds is 8. The molecule has 5 N–H and O–H groups in total. The molecule has 0 aromatic heterocycles. The van der Waals surface area contributed by atoms with E-state index in [9.17, 15) is 0 Å². The lowest BCUT2D eigenvalue weighted by molar-refractivity contribution is 0.0883. The van der Waals surface area contributed by atoms with E-state index < -0.39 is 0 Å². The Morgan fingerprint density at radius 1 is 1.24 bits per heavy atom. The molecule has 3 heteroatoms. The van der Waals surface area contributed by atoms with E-state index in [0.29, 0.717) is 17.8 Å². The fourth-order valence-corrected chi connectivity index (χ4v) is 3.27. The van der Waals surface area contributed by atoms with Crippen LogP contribution in [0, 0.1) is 17.8 Å². The van der Waals surface area contributed by atoms with Crippen molar-refractivity contribution in [2.45, 2.75) is 64.5 Å². The van der Waals surface area contributed by atoms with E-state index in [1.54, 1.807) is 0 Å². The second kappa shape index (κ2) is 7.34. The van der Waals surface area contributed by atoms with Gasteiger partial charge in [-0.3, -0.25) is 0 Å². The van der Waals surface area contributed by atoms with Crippen molar-refractivity contribution in [2.24, 2.45) is 29.2 Å². The predicted octanol–water partition coefficient (Wildman–Crippen LogP) is 1.88. The van der Waals surface area contributed by atoms with Crippen molar-refractivity contribution in [1.29, 1.82) is 0 Å². The molecule has 1 fully saturated rings. The first-order chi connectivity index (χ1) is 8.15. The highest BCUT2D eigenvalue weighted by atomic mass is 16.3. The van der Waals surface area contributed by atoms with Crippen LogP contribution in [-0.4, -0.2) is 23.8 Å². The summed E-state index contributed by atoms with van der Waals surface area (Å²) in [6.07, 6.45) is 6.81. The van der Waals surface area contributed by atoms with Gasteiger partial charge in [-0.2, -0.15) is 0 Å². The van der Waals surface area contributed by atoms with Gasteiger partial charge in [0.2, 0.25) is 0 Å². The molecule has 0 saturated heterocycles. The lowest BCUT2D eigenvalue weighted by Crippen LogP contribution is -2.55. The summed E-state index contributed by atoms with van der Waals surface area (Å²) in [6.45, 7) is 4.70. The van der Waals surface area contributed by atoms with E-state index >= 15 is 0 Å². The number of aliphatic hydroxyl groups excluding tert-OH is 1. The minimum Gasteiger partial charge on any atom is -0.396 e. The van der Waals surface area contributed by atoms with Crippen LogP contribution in [0.5, 0.6) is 0 Å². The molecule has 0 bridgehead atoms. The molecule has 0 aromatic carbocycles. The molecule has 1 aliphatic rings. The number of hydrogen-bond donors (Lipinski definition) is 3. The molecule has 0 radical (unpaired) electrons. The average Bonchev–Trinajstić information content (AvgIpc) is 2.30. The minimum absolute atomic E-state index is 0.122. The SMILES string of the molecule is CCCC(CC)[C@H](N)[C@H](N)C1CCC1CCO. The van der Waals surface area contributed by atoms with E-state index in [1.807, 2.05) is 0 Å². The molecule has 1 saturated carbocycles. The summed E-state index contributed by atoms with van der Waals surface area (Å²) in [5, 5.41) is 9.01. The smallest absolute Gasteiger partial charge is 0.0433 e. The summed E-state index contributed by atoms with van der Waals surface area (Å²) < 4.78 is 0. The van der Waals surface area contributed by atoms with Crippen LogP contribution in [0.1, 0.15) is 52.4 Å². The first-order valence-electron chi connectivity index (χ1n) is 7.27. The van der Waals surface area contributed by atoms with Crippen molar-refractivity contribution < 1.29 is 5.11 Å². The zero-order valence-corrected chi connectivity index (χ0v) is 11.4. The van der Waals surface area contributed by atoms with Gasteiger partial charge in [-0.1, -0.05) is 26.7 Å². The standard InChI is InChI=1S/C14H30N2O/c1-3-5-10(4-2)13(15)14(16)12-7-6-11(12)8-9-17/h10-14,17H,3-9,15-16H2,1-2H3/t10?,11?,12?,13-,14+/m0/s1. The predicted molar refractivity (Wildman–Crippen MR) is 72.6 cm³/mol. The van der Waals surface area contributed by atoms with Crippen molar-refractivity contribution in [1.82, 2.24) is 0 Å². The minimum atomic E-state index is 0.122. The van der Waals surface area contributed by atoms with Crippen LogP contribution in [0.3, 0.4) is 0 Å². The summed E-state index contributed by atoms with van der Waals surface area (Å²) in [5.41, 5.74) is 12.7. The topological polar surface area (TPSA) is 72.3 Å². The van der Waals surface area contributed by atoms with Crippen molar-refractivity contribution in [2.75, 3.05) is 6.61 Å². The van der Waals surface area contributed by atoms with Crippen LogP contribution in [0.2, 0.25) is 0 Å². The molecule has 0 aromatic rings. The van der Waals surface area contributed by atoms with Gasteiger partial charge >= 0.3 is 0 Å². The summed E-state index contributed by atoms with van der Waals surface area (Å²) in [5.74, 6) is 1.72. The molecular formula is C14H30N2O. The molecule has 1 aliphatic carbocycles. The largest absolute Gasteiger partial charge is 0.396 e. The van der Waals surface area contributed by atoms with E-state index in [4.69, 9.17) is 16.6 Å². The number of hydrogen-bond acceptors (Lipinski definition) is 3. The van der Waals surface area contributed by atoms with Crippen molar-refractivity contribution in [3.8, 4) is 0 Å². The molecule has 17 heavy (non-hydrogen) atoms. The second-order valence-corrected chi connectivity index (χ2v) is 5.63. The highest BCUT2D eigenvalue weighted by Crippen LogP contribution is 2.40. The average molecular weight is 242 g/mol. The first-order valence-corrected chi connectivity index (χ1v) is 7.27.